The van der Waals surface area contributed by atoms with Crippen LogP contribution in [-0.2, 0) is 11.4 Å². The fourth-order valence-electron chi connectivity index (χ4n) is 2.94. The van der Waals surface area contributed by atoms with E-state index in [-0.39, 0.29) is 18.3 Å². The average Bonchev–Trinajstić information content (AvgIpc) is 2.79. The number of rotatable bonds is 9. The minimum atomic E-state index is -0.334. The maximum absolute atomic E-state index is 13.9. The second-order valence-electron chi connectivity index (χ2n) is 6.67. The molecule has 0 saturated carbocycles. The van der Waals surface area contributed by atoms with E-state index >= 15 is 0 Å². The number of nitrogens with one attached hydrogen (secondary N) is 1. The molecule has 3 aromatic rings. The summed E-state index contributed by atoms with van der Waals surface area (Å²) in [5.74, 6) is 0.879. The summed E-state index contributed by atoms with van der Waals surface area (Å²) >= 11 is 3.47. The van der Waals surface area contributed by atoms with Crippen molar-refractivity contribution in [2.24, 2.45) is 0 Å². The summed E-state index contributed by atoms with van der Waals surface area (Å²) in [6.45, 7) is 2.44. The van der Waals surface area contributed by atoms with Crippen LogP contribution in [0.2, 0.25) is 0 Å². The minimum absolute atomic E-state index is 0.0540. The first-order valence-electron chi connectivity index (χ1n) is 9.96. The number of anilines is 1. The van der Waals surface area contributed by atoms with Crippen molar-refractivity contribution in [2.75, 3.05) is 19.0 Å². The molecule has 0 aromatic heterocycles. The number of hydrogen-bond donors (Lipinski definition) is 1. The third-order valence-electron chi connectivity index (χ3n) is 4.45. The molecule has 0 heterocycles. The van der Waals surface area contributed by atoms with E-state index in [1.165, 1.54) is 19.3 Å². The summed E-state index contributed by atoms with van der Waals surface area (Å²) in [7, 11) is 1.52. The molecule has 3 aromatic carbocycles. The zero-order chi connectivity index (χ0) is 22.9. The van der Waals surface area contributed by atoms with Gasteiger partial charge in [0.05, 0.1) is 23.9 Å². The van der Waals surface area contributed by atoms with Crippen molar-refractivity contribution in [1.29, 1.82) is 0 Å². The second kappa shape index (κ2) is 11.3. The molecule has 0 aliphatic heterocycles. The van der Waals surface area contributed by atoms with Gasteiger partial charge in [-0.15, -0.1) is 0 Å². The molecule has 0 fully saturated rings. The molecule has 7 heteroatoms. The minimum Gasteiger partial charge on any atom is -0.493 e. The van der Waals surface area contributed by atoms with Crippen LogP contribution < -0.4 is 19.5 Å². The standard InChI is InChI=1S/C25H23BrFNO4/c1-3-31-22-11-7-6-10-21(22)28-24(29)13-12-17-14-19(26)25(23(15-17)30-2)32-16-18-8-4-5-9-20(18)27/h4-15H,3,16H2,1-2H3,(H,28,29)/b13-12+. The first-order chi connectivity index (χ1) is 15.5. The molecule has 1 amide bonds. The molecule has 3 rings (SSSR count). The molecule has 0 aliphatic rings. The van der Waals surface area contributed by atoms with Crippen LogP contribution in [0.25, 0.3) is 6.08 Å². The molecule has 0 aliphatic carbocycles. The Balaban J connectivity index is 1.72. The number of benzene rings is 3. The lowest BCUT2D eigenvalue weighted by molar-refractivity contribution is -0.111. The zero-order valence-corrected chi connectivity index (χ0v) is 19.3. The summed E-state index contributed by atoms with van der Waals surface area (Å²) in [5, 5.41) is 2.81. The number of halogens is 2. The fraction of sp³-hybridized carbons (Fsp3) is 0.160. The number of carbonyl (C=O) groups is 1. The number of para-hydroxylation sites is 2. The van der Waals surface area contributed by atoms with Gasteiger partial charge in [0.25, 0.3) is 0 Å². The molecule has 32 heavy (non-hydrogen) atoms. The van der Waals surface area contributed by atoms with Crippen molar-refractivity contribution in [3.8, 4) is 17.2 Å². The molecule has 0 saturated heterocycles. The van der Waals surface area contributed by atoms with Crippen molar-refractivity contribution in [3.63, 3.8) is 0 Å². The Morgan fingerprint density at radius 3 is 2.56 bits per heavy atom. The monoisotopic (exact) mass is 499 g/mol. The molecule has 0 bridgehead atoms. The van der Waals surface area contributed by atoms with Crippen molar-refractivity contribution < 1.29 is 23.4 Å². The maximum Gasteiger partial charge on any atom is 0.248 e. The predicted molar refractivity (Wildman–Crippen MR) is 127 cm³/mol. The highest BCUT2D eigenvalue weighted by Crippen LogP contribution is 2.37. The lowest BCUT2D eigenvalue weighted by atomic mass is 10.1. The fourth-order valence-corrected chi connectivity index (χ4v) is 3.51. The molecular formula is C25H23BrFNO4. The van der Waals surface area contributed by atoms with Crippen LogP contribution in [-0.4, -0.2) is 19.6 Å². The number of amides is 1. The Morgan fingerprint density at radius 1 is 1.06 bits per heavy atom. The van der Waals surface area contributed by atoms with Gasteiger partial charge in [-0.05, 0) is 64.8 Å². The van der Waals surface area contributed by atoms with Crippen LogP contribution in [0.5, 0.6) is 17.2 Å². The topological polar surface area (TPSA) is 56.8 Å². The van der Waals surface area contributed by atoms with Gasteiger partial charge in [0.15, 0.2) is 11.5 Å². The van der Waals surface area contributed by atoms with Crippen LogP contribution >= 0.6 is 15.9 Å². The third kappa shape index (κ3) is 6.11. The number of methoxy groups -OCH3 is 1. The molecule has 1 N–H and O–H groups in total. The van der Waals surface area contributed by atoms with Gasteiger partial charge in [0.2, 0.25) is 5.91 Å². The highest BCUT2D eigenvalue weighted by atomic mass is 79.9. The average molecular weight is 500 g/mol. The first-order valence-corrected chi connectivity index (χ1v) is 10.8. The van der Waals surface area contributed by atoms with E-state index in [1.807, 2.05) is 19.1 Å². The van der Waals surface area contributed by atoms with Gasteiger partial charge < -0.3 is 19.5 Å². The van der Waals surface area contributed by atoms with Gasteiger partial charge in [0, 0.05) is 11.6 Å². The van der Waals surface area contributed by atoms with Gasteiger partial charge in [-0.1, -0.05) is 30.3 Å². The van der Waals surface area contributed by atoms with Gasteiger partial charge >= 0.3 is 0 Å². The Morgan fingerprint density at radius 2 is 1.81 bits per heavy atom. The smallest absolute Gasteiger partial charge is 0.248 e. The van der Waals surface area contributed by atoms with Gasteiger partial charge in [-0.25, -0.2) is 4.39 Å². The summed E-state index contributed by atoms with van der Waals surface area (Å²) in [6.07, 6.45) is 3.08. The van der Waals surface area contributed by atoms with Gasteiger partial charge in [-0.3, -0.25) is 4.79 Å². The van der Waals surface area contributed by atoms with Gasteiger partial charge in [-0.2, -0.15) is 0 Å². The van der Waals surface area contributed by atoms with Crippen LogP contribution in [0.15, 0.2) is 71.2 Å². The summed E-state index contributed by atoms with van der Waals surface area (Å²) in [5.41, 5.74) is 1.76. The van der Waals surface area contributed by atoms with Crippen molar-refractivity contribution >= 4 is 33.6 Å². The van der Waals surface area contributed by atoms with Crippen molar-refractivity contribution in [3.05, 3.63) is 88.2 Å². The summed E-state index contributed by atoms with van der Waals surface area (Å²) in [4.78, 5) is 12.4. The van der Waals surface area contributed by atoms with Crippen molar-refractivity contribution in [2.45, 2.75) is 13.5 Å². The van der Waals surface area contributed by atoms with E-state index in [4.69, 9.17) is 14.2 Å². The maximum atomic E-state index is 13.9. The Bertz CT molecular complexity index is 1120. The van der Waals surface area contributed by atoms with Crippen LogP contribution in [0.4, 0.5) is 10.1 Å². The second-order valence-corrected chi connectivity index (χ2v) is 7.52. The summed E-state index contributed by atoms with van der Waals surface area (Å²) < 4.78 is 31.2. The normalized spacial score (nSPS) is 10.8. The molecule has 5 nitrogen and oxygen atoms in total. The number of hydrogen-bond acceptors (Lipinski definition) is 4. The van der Waals surface area contributed by atoms with E-state index < -0.39 is 0 Å². The van der Waals surface area contributed by atoms with Crippen LogP contribution in [0.1, 0.15) is 18.1 Å². The van der Waals surface area contributed by atoms with E-state index in [9.17, 15) is 9.18 Å². The van der Waals surface area contributed by atoms with E-state index in [0.29, 0.717) is 39.6 Å². The van der Waals surface area contributed by atoms with Crippen LogP contribution in [0.3, 0.4) is 0 Å². The molecule has 166 valence electrons. The van der Waals surface area contributed by atoms with Crippen LogP contribution in [0, 0.1) is 5.82 Å². The van der Waals surface area contributed by atoms with E-state index in [2.05, 4.69) is 21.2 Å². The largest absolute Gasteiger partial charge is 0.493 e. The SMILES string of the molecule is CCOc1ccccc1NC(=O)/C=C/c1cc(Br)c(OCc2ccccc2F)c(OC)c1. The van der Waals surface area contributed by atoms with Crippen molar-refractivity contribution in [1.82, 2.24) is 0 Å². The molecule has 0 spiro atoms. The molecule has 0 radical (unpaired) electrons. The summed E-state index contributed by atoms with van der Waals surface area (Å²) in [6, 6.07) is 17.2. The van der Waals surface area contributed by atoms with E-state index in [0.717, 1.165) is 5.56 Å². The third-order valence-corrected chi connectivity index (χ3v) is 5.04. The Kier molecular flexibility index (Phi) is 8.27. The number of ether oxygens (including phenoxy) is 3. The highest BCUT2D eigenvalue weighted by molar-refractivity contribution is 9.10. The molecule has 0 atom stereocenters. The lowest BCUT2D eigenvalue weighted by Gasteiger charge is -2.14. The lowest BCUT2D eigenvalue weighted by Crippen LogP contribution is -2.09. The predicted octanol–water partition coefficient (Wildman–Crippen LogP) is 6.23. The van der Waals surface area contributed by atoms with E-state index in [1.54, 1.807) is 48.5 Å². The molecular weight excluding hydrogens is 477 g/mol. The first kappa shape index (κ1) is 23.3. The Labute approximate surface area is 194 Å². The molecule has 0 unspecified atom stereocenters. The zero-order valence-electron chi connectivity index (χ0n) is 17.7. The Hall–Kier alpha value is -3.32. The van der Waals surface area contributed by atoms with Gasteiger partial charge in [0.1, 0.15) is 18.2 Å². The number of carbonyl (C=O) groups excluding carboxylic acids is 1. The highest BCUT2D eigenvalue weighted by Gasteiger charge is 2.13. The quantitative estimate of drug-likeness (QED) is 0.354.